The number of hydrogen-bond acceptors (Lipinski definition) is 6. The minimum Gasteiger partial charge on any atom is -0.477 e. The zero-order valence-electron chi connectivity index (χ0n) is 39.6. The summed E-state index contributed by atoms with van der Waals surface area (Å²) in [4.78, 5) is 50.2. The van der Waals surface area contributed by atoms with E-state index in [1.807, 2.05) is 34.1 Å². The van der Waals surface area contributed by atoms with Crippen molar-refractivity contribution >= 4 is 69.1 Å². The van der Waals surface area contributed by atoms with Gasteiger partial charge in [0.25, 0.3) is 11.8 Å². The monoisotopic (exact) mass is 910 g/mol. The van der Waals surface area contributed by atoms with Gasteiger partial charge in [-0.25, -0.2) is 4.79 Å². The maximum absolute atomic E-state index is 15.3. The molecule has 4 aliphatic rings. The highest BCUT2D eigenvalue weighted by Gasteiger charge is 2.44. The fraction of sp³-hybridized carbons (Fsp3) is 0.379. The van der Waals surface area contributed by atoms with Gasteiger partial charge < -0.3 is 19.8 Å². The number of aryl methyl sites for hydroxylation is 1. The van der Waals surface area contributed by atoms with Crippen molar-refractivity contribution in [2.24, 2.45) is 11.8 Å². The molecule has 9 heteroatoms. The number of aliphatic carboxylic acids is 1. The van der Waals surface area contributed by atoms with Gasteiger partial charge in [0, 0.05) is 57.3 Å². The maximum atomic E-state index is 15.3. The van der Waals surface area contributed by atoms with Crippen molar-refractivity contribution in [3.63, 3.8) is 0 Å². The van der Waals surface area contributed by atoms with Crippen LogP contribution >= 0.6 is 11.3 Å². The number of fused-ring (bicyclic) bond motifs is 5. The van der Waals surface area contributed by atoms with E-state index in [4.69, 9.17) is 0 Å². The number of amides is 2. The van der Waals surface area contributed by atoms with Crippen LogP contribution in [0, 0.1) is 30.1 Å². The van der Waals surface area contributed by atoms with Crippen LogP contribution in [0.1, 0.15) is 131 Å². The van der Waals surface area contributed by atoms with Crippen LogP contribution < -0.4 is 14.7 Å². The molecule has 0 radical (unpaired) electrons. The van der Waals surface area contributed by atoms with Crippen molar-refractivity contribution in [3.05, 3.63) is 124 Å². The number of hydrogen-bond donors (Lipinski definition) is 1. The van der Waals surface area contributed by atoms with E-state index in [1.165, 1.54) is 59.2 Å². The first-order valence-electron chi connectivity index (χ1n) is 24.7. The fourth-order valence-corrected chi connectivity index (χ4v) is 12.1. The number of nitrogens with zero attached hydrogens (tertiary/aromatic N) is 4. The van der Waals surface area contributed by atoms with E-state index < -0.39 is 5.97 Å². The van der Waals surface area contributed by atoms with Gasteiger partial charge in [-0.3, -0.25) is 9.59 Å². The largest absolute Gasteiger partial charge is 0.477 e. The topological polar surface area (TPSA) is 105 Å². The summed E-state index contributed by atoms with van der Waals surface area (Å²) in [5.41, 5.74) is 12.1. The number of nitriles is 1. The van der Waals surface area contributed by atoms with Gasteiger partial charge in [0.15, 0.2) is 0 Å². The van der Waals surface area contributed by atoms with Crippen molar-refractivity contribution in [1.82, 2.24) is 0 Å². The Morgan fingerprint density at radius 2 is 1.33 bits per heavy atom. The summed E-state index contributed by atoms with van der Waals surface area (Å²) >= 11 is 1.40. The molecular weight excluding hydrogens is 849 g/mol. The van der Waals surface area contributed by atoms with Gasteiger partial charge in [0.05, 0.1) is 22.5 Å². The second kappa shape index (κ2) is 19.5. The molecule has 2 amide bonds. The number of anilines is 4. The van der Waals surface area contributed by atoms with Crippen LogP contribution in [0.2, 0.25) is 0 Å². The fourth-order valence-electron chi connectivity index (χ4n) is 11.1. The van der Waals surface area contributed by atoms with Crippen LogP contribution in [0.25, 0.3) is 38.8 Å². The first-order chi connectivity index (χ1) is 32.6. The zero-order chi connectivity index (χ0) is 46.9. The van der Waals surface area contributed by atoms with Crippen molar-refractivity contribution in [2.75, 3.05) is 27.8 Å². The van der Waals surface area contributed by atoms with Crippen molar-refractivity contribution in [2.45, 2.75) is 117 Å². The van der Waals surface area contributed by atoms with Gasteiger partial charge in [-0.2, -0.15) is 5.26 Å². The number of unbranched alkanes of at least 4 members (excludes halogenated alkanes) is 2. The molecule has 344 valence electrons. The van der Waals surface area contributed by atoms with Crippen LogP contribution in [0.5, 0.6) is 0 Å². The highest BCUT2D eigenvalue weighted by atomic mass is 32.1. The van der Waals surface area contributed by atoms with Gasteiger partial charge in [-0.15, -0.1) is 11.3 Å². The number of carbonyl (C=O) groups is 3. The van der Waals surface area contributed by atoms with Gasteiger partial charge in [-0.1, -0.05) is 121 Å². The Balaban J connectivity index is 1.15. The number of rotatable bonds is 17. The molecule has 4 heterocycles. The maximum Gasteiger partial charge on any atom is 0.346 e. The van der Waals surface area contributed by atoms with Crippen molar-refractivity contribution in [3.8, 4) is 27.6 Å². The van der Waals surface area contributed by atoms with Crippen molar-refractivity contribution < 1.29 is 19.5 Å². The second-order valence-corrected chi connectivity index (χ2v) is 20.3. The predicted octanol–water partition coefficient (Wildman–Crippen LogP) is 14.2. The number of benzene rings is 4. The SMILES string of the molecule is CCCCC(CC)CN1C(=O)/C(=C2\C(=O)N(CC(CC)CCCC)c3cc(-c4ccc(/C=C(/C#N)C(=O)O)s4)ccc32)c2ccc(-c3ccc4c(c3)C3CCCC3N4c3ccc(C)cc3)cc21. The van der Waals surface area contributed by atoms with Crippen LogP contribution in [0.3, 0.4) is 0 Å². The lowest BCUT2D eigenvalue weighted by atomic mass is 9.92. The van der Waals surface area contributed by atoms with Gasteiger partial charge >= 0.3 is 5.97 Å². The molecule has 9 rings (SSSR count). The molecule has 1 N–H and O–H groups in total. The Morgan fingerprint density at radius 3 is 1.91 bits per heavy atom. The first kappa shape index (κ1) is 45.9. The molecule has 1 saturated carbocycles. The lowest BCUT2D eigenvalue weighted by Crippen LogP contribution is -2.34. The van der Waals surface area contributed by atoms with Crippen LogP contribution in [-0.2, 0) is 14.4 Å². The van der Waals surface area contributed by atoms with E-state index in [2.05, 4.69) is 106 Å². The van der Waals surface area contributed by atoms with Crippen molar-refractivity contribution in [1.29, 1.82) is 5.26 Å². The Bertz CT molecular complexity index is 2830. The highest BCUT2D eigenvalue weighted by molar-refractivity contribution is 7.16. The summed E-state index contributed by atoms with van der Waals surface area (Å²) in [5, 5.41) is 18.9. The highest BCUT2D eigenvalue weighted by Crippen LogP contribution is 2.54. The Kier molecular flexibility index (Phi) is 13.4. The second-order valence-electron chi connectivity index (χ2n) is 19.1. The molecule has 1 aliphatic carbocycles. The molecular formula is C58H62N4O4S. The number of carboxylic acids is 1. The lowest BCUT2D eigenvalue weighted by molar-refractivity contribution is -0.132. The number of carbonyl (C=O) groups excluding carboxylic acids is 2. The van der Waals surface area contributed by atoms with E-state index in [-0.39, 0.29) is 23.3 Å². The predicted molar refractivity (Wildman–Crippen MR) is 275 cm³/mol. The molecule has 0 saturated heterocycles. The molecule has 3 aliphatic heterocycles. The van der Waals surface area contributed by atoms with Crippen LogP contribution in [-0.4, -0.2) is 42.0 Å². The van der Waals surface area contributed by atoms with Gasteiger partial charge in [-0.05, 0) is 121 Å². The molecule has 5 aromatic rings. The van der Waals surface area contributed by atoms with E-state index in [0.29, 0.717) is 47.0 Å². The van der Waals surface area contributed by atoms with E-state index in [9.17, 15) is 15.2 Å². The summed E-state index contributed by atoms with van der Waals surface area (Å²) in [7, 11) is 0. The van der Waals surface area contributed by atoms with E-state index >= 15 is 9.59 Å². The normalized spacial score (nSPS) is 19.4. The van der Waals surface area contributed by atoms with Crippen LogP contribution in [0.4, 0.5) is 22.7 Å². The third-order valence-corrected chi connectivity index (χ3v) is 16.0. The Hall–Kier alpha value is -6.24. The quantitative estimate of drug-likeness (QED) is 0.0736. The molecule has 8 nitrogen and oxygen atoms in total. The molecule has 1 fully saturated rings. The lowest BCUT2D eigenvalue weighted by Gasteiger charge is -2.27. The third kappa shape index (κ3) is 8.66. The summed E-state index contributed by atoms with van der Waals surface area (Å²) in [6, 6.07) is 34.3. The molecule has 4 aromatic carbocycles. The van der Waals surface area contributed by atoms with E-state index in [1.54, 1.807) is 6.07 Å². The standard InChI is InChI=1S/C58H62N4O4S/c1-6-10-13-37(8-3)34-60-51-31-40(39-21-27-50-48(30-39)45-15-12-16-49(45)62(50)43-22-17-36(5)18-23-43)19-25-46(51)54(56(60)63)55-47-26-20-41(53-28-24-44(67-53)29-42(33-59)58(65)66)32-52(47)61(57(55)64)35-38(9-4)14-11-7-2/h17-32,37-38,45,49H,6-16,34-35H2,1-5H3,(H,65,66)/b42-29-,55-54-. The first-order valence-corrected chi connectivity index (χ1v) is 25.5. The van der Waals surface area contributed by atoms with Crippen LogP contribution in [0.15, 0.2) is 96.6 Å². The summed E-state index contributed by atoms with van der Waals surface area (Å²) in [6.07, 6.45) is 13.2. The Morgan fingerprint density at radius 1 is 0.746 bits per heavy atom. The summed E-state index contributed by atoms with van der Waals surface area (Å²) < 4.78 is 0. The van der Waals surface area contributed by atoms with Gasteiger partial charge in [0.1, 0.15) is 11.6 Å². The molecule has 0 bridgehead atoms. The molecule has 4 atom stereocenters. The summed E-state index contributed by atoms with van der Waals surface area (Å²) in [6.45, 7) is 12.1. The molecule has 0 spiro atoms. The minimum absolute atomic E-state index is 0.113. The summed E-state index contributed by atoms with van der Waals surface area (Å²) in [5.74, 6) is -0.442. The molecule has 1 aromatic heterocycles. The smallest absolute Gasteiger partial charge is 0.346 e. The molecule has 4 unspecified atom stereocenters. The molecule has 67 heavy (non-hydrogen) atoms. The zero-order valence-corrected chi connectivity index (χ0v) is 40.4. The minimum atomic E-state index is -1.27. The third-order valence-electron chi connectivity index (χ3n) is 14.9. The average Bonchev–Trinajstić information content (AvgIpc) is 4.17. The number of carboxylic acid groups (broad SMARTS) is 1. The van der Waals surface area contributed by atoms with Gasteiger partial charge in [0.2, 0.25) is 0 Å². The average molecular weight is 911 g/mol. The Labute approximate surface area is 400 Å². The number of thiophene rings is 1. The van der Waals surface area contributed by atoms with E-state index in [0.717, 1.165) is 95.4 Å².